The highest BCUT2D eigenvalue weighted by Gasteiger charge is 2.47. The van der Waals surface area contributed by atoms with Gasteiger partial charge in [-0.15, -0.1) is 0 Å². The third-order valence-electron chi connectivity index (χ3n) is 3.45. The minimum Gasteiger partial charge on any atom is -0.207 e. The summed E-state index contributed by atoms with van der Waals surface area (Å²) in [5.41, 5.74) is -0.130. The average Bonchev–Trinajstić information content (AvgIpc) is 3.17. The van der Waals surface area contributed by atoms with Gasteiger partial charge in [0.05, 0.1) is 11.0 Å². The number of hydrogen-bond acceptors (Lipinski definition) is 3. The van der Waals surface area contributed by atoms with Crippen molar-refractivity contribution in [2.45, 2.75) is 50.1 Å². The van der Waals surface area contributed by atoms with Gasteiger partial charge in [0.25, 0.3) is 0 Å². The van der Waals surface area contributed by atoms with E-state index in [0.29, 0.717) is 4.47 Å². The molecule has 0 bridgehead atoms. The average molecular weight is 436 g/mol. The Kier molecular flexibility index (Phi) is 4.56. The zero-order valence-electron chi connectivity index (χ0n) is 12.0. The van der Waals surface area contributed by atoms with Crippen molar-refractivity contribution in [2.24, 2.45) is 0 Å². The lowest BCUT2D eigenvalue weighted by Crippen LogP contribution is -2.48. The molecule has 0 amide bonds. The first-order chi connectivity index (χ1) is 9.61. The Morgan fingerprint density at radius 1 is 1.29 bits per heavy atom. The molecule has 1 fully saturated rings. The molecule has 1 aromatic rings. The first-order valence-corrected chi connectivity index (χ1v) is 9.55. The largest absolute Gasteiger partial charge is 0.245 e. The van der Waals surface area contributed by atoms with Gasteiger partial charge in [-0.2, -0.15) is 9.57 Å². The fourth-order valence-electron chi connectivity index (χ4n) is 2.24. The Morgan fingerprint density at radius 3 is 2.33 bits per heavy atom. The van der Waals surface area contributed by atoms with Crippen LogP contribution in [-0.2, 0) is 10.0 Å². The highest BCUT2D eigenvalue weighted by Crippen LogP contribution is 2.40. The fraction of sp³-hybridized carbons (Fsp3) is 0.500. The summed E-state index contributed by atoms with van der Waals surface area (Å²) >= 11 is 6.71. The number of sulfonamides is 1. The van der Waals surface area contributed by atoms with Crippen molar-refractivity contribution in [2.75, 3.05) is 0 Å². The van der Waals surface area contributed by atoms with E-state index in [0.717, 1.165) is 22.9 Å². The summed E-state index contributed by atoms with van der Waals surface area (Å²) in [4.78, 5) is 0.190. The first kappa shape index (κ1) is 16.9. The second kappa shape index (κ2) is 5.65. The van der Waals surface area contributed by atoms with Crippen LogP contribution in [0.15, 0.2) is 26.0 Å². The highest BCUT2D eigenvalue weighted by atomic mass is 79.9. The van der Waals surface area contributed by atoms with Gasteiger partial charge in [0.15, 0.2) is 0 Å². The molecule has 0 aliphatic heterocycles. The van der Waals surface area contributed by atoms with E-state index < -0.39 is 15.6 Å². The van der Waals surface area contributed by atoms with E-state index in [2.05, 4.69) is 37.9 Å². The van der Waals surface area contributed by atoms with Crippen LogP contribution in [0.2, 0.25) is 0 Å². The summed E-state index contributed by atoms with van der Waals surface area (Å²) in [6, 6.07) is 5.38. The van der Waals surface area contributed by atoms with Crippen LogP contribution in [0.25, 0.3) is 0 Å². The summed E-state index contributed by atoms with van der Waals surface area (Å²) in [5.74, 6) is 0. The van der Waals surface area contributed by atoms with E-state index in [4.69, 9.17) is 0 Å². The summed E-state index contributed by atoms with van der Waals surface area (Å²) in [6.45, 7) is 5.17. The molecular weight excluding hydrogens is 420 g/mol. The Morgan fingerprint density at radius 2 is 1.86 bits per heavy atom. The predicted octanol–water partition coefficient (Wildman–Crippen LogP) is 3.98. The topological polar surface area (TPSA) is 61.2 Å². The molecule has 1 aromatic carbocycles. The maximum absolute atomic E-state index is 13.0. The van der Waals surface area contributed by atoms with Crippen LogP contribution in [0.4, 0.5) is 0 Å². The lowest BCUT2D eigenvalue weighted by atomic mass is 10.1. The lowest BCUT2D eigenvalue weighted by Gasteiger charge is -2.32. The van der Waals surface area contributed by atoms with Crippen molar-refractivity contribution in [3.05, 3.63) is 26.6 Å². The third kappa shape index (κ3) is 3.19. The second-order valence-electron chi connectivity index (χ2n) is 5.73. The SMILES string of the molecule is Cc1cc(Br)c(S(=O)(=O)N(C2CC2)C(C)(C)C#N)cc1Br. The van der Waals surface area contributed by atoms with Crippen molar-refractivity contribution >= 4 is 41.9 Å². The van der Waals surface area contributed by atoms with Gasteiger partial charge in [-0.25, -0.2) is 8.42 Å². The van der Waals surface area contributed by atoms with Gasteiger partial charge in [-0.1, -0.05) is 15.9 Å². The first-order valence-electron chi connectivity index (χ1n) is 6.52. The van der Waals surface area contributed by atoms with Crippen molar-refractivity contribution in [1.29, 1.82) is 5.26 Å². The standard InChI is InChI=1S/C14H16Br2N2O2S/c1-9-6-12(16)13(7-11(9)15)21(19,20)18(10-4-5-10)14(2,3)8-17/h6-7,10H,4-5H2,1-3H3. The maximum Gasteiger partial charge on any atom is 0.245 e. The third-order valence-corrected chi connectivity index (χ3v) is 7.39. The molecule has 0 heterocycles. The summed E-state index contributed by atoms with van der Waals surface area (Å²) in [5, 5.41) is 9.34. The molecule has 114 valence electrons. The van der Waals surface area contributed by atoms with Gasteiger partial charge in [-0.05, 0) is 67.2 Å². The zero-order chi connectivity index (χ0) is 16.0. The summed E-state index contributed by atoms with van der Waals surface area (Å²) in [7, 11) is -3.74. The number of nitrogens with zero attached hydrogens (tertiary/aromatic N) is 2. The number of rotatable bonds is 4. The summed E-state index contributed by atoms with van der Waals surface area (Å²) < 4.78 is 28.7. The van der Waals surface area contributed by atoms with Gasteiger partial charge < -0.3 is 0 Å². The normalized spacial score (nSPS) is 16.0. The molecule has 0 spiro atoms. The molecule has 0 radical (unpaired) electrons. The number of aryl methyl sites for hydroxylation is 1. The molecule has 1 saturated carbocycles. The molecule has 1 aliphatic rings. The minimum absolute atomic E-state index is 0.0865. The lowest BCUT2D eigenvalue weighted by molar-refractivity contribution is 0.280. The van der Waals surface area contributed by atoms with Crippen molar-refractivity contribution < 1.29 is 8.42 Å². The molecule has 4 nitrogen and oxygen atoms in total. The monoisotopic (exact) mass is 434 g/mol. The van der Waals surface area contributed by atoms with E-state index in [1.165, 1.54) is 4.31 Å². The van der Waals surface area contributed by atoms with Crippen LogP contribution < -0.4 is 0 Å². The molecule has 21 heavy (non-hydrogen) atoms. The number of nitriles is 1. The van der Waals surface area contributed by atoms with Crippen LogP contribution in [0, 0.1) is 18.3 Å². The summed E-state index contributed by atoms with van der Waals surface area (Å²) in [6.07, 6.45) is 1.60. The van der Waals surface area contributed by atoms with Crippen LogP contribution >= 0.6 is 31.9 Å². The quantitative estimate of drug-likeness (QED) is 0.718. The van der Waals surface area contributed by atoms with Crippen LogP contribution in [0.1, 0.15) is 32.3 Å². The Labute approximate surface area is 142 Å². The van der Waals surface area contributed by atoms with Gasteiger partial charge >= 0.3 is 0 Å². The second-order valence-corrected chi connectivity index (χ2v) is 9.23. The van der Waals surface area contributed by atoms with E-state index in [9.17, 15) is 13.7 Å². The van der Waals surface area contributed by atoms with Crippen LogP contribution in [-0.4, -0.2) is 24.3 Å². The molecule has 0 atom stereocenters. The fourth-order valence-corrected chi connectivity index (χ4v) is 5.84. The van der Waals surface area contributed by atoms with Gasteiger partial charge in [0, 0.05) is 15.0 Å². The molecule has 0 unspecified atom stereocenters. The number of halogens is 2. The Bertz CT molecular complexity index is 719. The molecule has 0 N–H and O–H groups in total. The van der Waals surface area contributed by atoms with Crippen LogP contribution in [0.3, 0.4) is 0 Å². The molecule has 0 saturated heterocycles. The van der Waals surface area contributed by atoms with Crippen molar-refractivity contribution in [3.63, 3.8) is 0 Å². The van der Waals surface area contributed by atoms with Crippen LogP contribution in [0.5, 0.6) is 0 Å². The Balaban J connectivity index is 2.60. The van der Waals surface area contributed by atoms with Crippen molar-refractivity contribution in [1.82, 2.24) is 4.31 Å². The number of hydrogen-bond donors (Lipinski definition) is 0. The number of benzene rings is 1. The van der Waals surface area contributed by atoms with E-state index in [1.54, 1.807) is 26.0 Å². The molecule has 0 aromatic heterocycles. The smallest absolute Gasteiger partial charge is 0.207 e. The molecule has 7 heteroatoms. The Hall–Kier alpha value is -0.420. The van der Waals surface area contributed by atoms with Gasteiger partial charge in [-0.3, -0.25) is 0 Å². The van der Waals surface area contributed by atoms with Crippen molar-refractivity contribution in [3.8, 4) is 6.07 Å². The van der Waals surface area contributed by atoms with E-state index in [-0.39, 0.29) is 10.9 Å². The van der Waals surface area contributed by atoms with E-state index in [1.807, 2.05) is 6.92 Å². The minimum atomic E-state index is -3.74. The maximum atomic E-state index is 13.0. The van der Waals surface area contributed by atoms with Gasteiger partial charge in [0.2, 0.25) is 10.0 Å². The van der Waals surface area contributed by atoms with E-state index >= 15 is 0 Å². The molecule has 2 rings (SSSR count). The predicted molar refractivity (Wildman–Crippen MR) is 88.3 cm³/mol. The van der Waals surface area contributed by atoms with Gasteiger partial charge in [0.1, 0.15) is 5.54 Å². The zero-order valence-corrected chi connectivity index (χ0v) is 16.0. The highest BCUT2D eigenvalue weighted by molar-refractivity contribution is 9.11. The molecule has 1 aliphatic carbocycles. The molecular formula is C14H16Br2N2O2S.